The van der Waals surface area contributed by atoms with Crippen LogP contribution in [0.5, 0.6) is 0 Å². The van der Waals surface area contributed by atoms with Crippen LogP contribution in [-0.4, -0.2) is 16.1 Å². The summed E-state index contributed by atoms with van der Waals surface area (Å²) in [5.41, 5.74) is 1.00. The maximum absolute atomic E-state index is 10.1. The second kappa shape index (κ2) is 4.01. The molecular formula is C8H9NO2S. The third kappa shape index (κ3) is 2.47. The first-order chi connectivity index (χ1) is 5.72. The predicted molar refractivity (Wildman–Crippen MR) is 48.2 cm³/mol. The molecule has 4 heteroatoms. The maximum Gasteiger partial charge on any atom is 0.328 e. The normalized spacial score (nSPS) is 10.8. The molecule has 0 amide bonds. The molecule has 1 aromatic heterocycles. The van der Waals surface area contributed by atoms with E-state index in [1.165, 1.54) is 17.4 Å². The molecule has 1 heterocycles. The summed E-state index contributed by atoms with van der Waals surface area (Å²) in [4.78, 5) is 14.3. The minimum atomic E-state index is -0.941. The van der Waals surface area contributed by atoms with Gasteiger partial charge in [0.25, 0.3) is 0 Å². The molecule has 0 atom stereocenters. The summed E-state index contributed by atoms with van der Waals surface area (Å²) in [6.07, 6.45) is 3.49. The molecule has 0 spiro atoms. The Labute approximate surface area is 74.4 Å². The van der Waals surface area contributed by atoms with Crippen LogP contribution in [0.2, 0.25) is 0 Å². The van der Waals surface area contributed by atoms with Gasteiger partial charge in [0.1, 0.15) is 5.01 Å². The van der Waals surface area contributed by atoms with Crippen molar-refractivity contribution in [2.45, 2.75) is 13.3 Å². The molecule has 0 unspecified atom stereocenters. The molecule has 3 nitrogen and oxygen atoms in total. The summed E-state index contributed by atoms with van der Waals surface area (Å²) in [6, 6.07) is 0. The number of aryl methyl sites for hydroxylation is 1. The summed E-state index contributed by atoms with van der Waals surface area (Å²) in [7, 11) is 0. The van der Waals surface area contributed by atoms with Gasteiger partial charge in [0.2, 0.25) is 0 Å². The Morgan fingerprint density at radius 1 is 1.83 bits per heavy atom. The number of carbonyl (C=O) groups is 1. The quantitative estimate of drug-likeness (QED) is 0.727. The van der Waals surface area contributed by atoms with E-state index >= 15 is 0 Å². The Bertz CT molecular complexity index is 304. The van der Waals surface area contributed by atoms with Gasteiger partial charge in [-0.1, -0.05) is 6.92 Å². The summed E-state index contributed by atoms with van der Waals surface area (Å²) < 4.78 is 0. The number of hydrogen-bond acceptors (Lipinski definition) is 3. The van der Waals surface area contributed by atoms with Gasteiger partial charge in [0.15, 0.2) is 0 Å². The monoisotopic (exact) mass is 183 g/mol. The first kappa shape index (κ1) is 8.93. The molecule has 0 saturated carbocycles. The second-order valence-corrected chi connectivity index (χ2v) is 3.09. The molecule has 0 aliphatic heterocycles. The highest BCUT2D eigenvalue weighted by Crippen LogP contribution is 2.11. The van der Waals surface area contributed by atoms with Gasteiger partial charge in [-0.15, -0.1) is 11.3 Å². The van der Waals surface area contributed by atoms with Crippen LogP contribution in [0.4, 0.5) is 0 Å². The van der Waals surface area contributed by atoms with Crippen molar-refractivity contribution >= 4 is 23.4 Å². The third-order valence-corrected chi connectivity index (χ3v) is 2.16. The summed E-state index contributed by atoms with van der Waals surface area (Å²) in [5.74, 6) is -0.941. The number of carboxylic acid groups (broad SMARTS) is 1. The van der Waals surface area contributed by atoms with Gasteiger partial charge in [0.05, 0.1) is 5.69 Å². The average Bonchev–Trinajstić information content (AvgIpc) is 2.48. The topological polar surface area (TPSA) is 50.2 Å². The van der Waals surface area contributed by atoms with Gasteiger partial charge >= 0.3 is 5.97 Å². The van der Waals surface area contributed by atoms with Crippen molar-refractivity contribution in [3.63, 3.8) is 0 Å². The van der Waals surface area contributed by atoms with Crippen LogP contribution >= 0.6 is 11.3 Å². The van der Waals surface area contributed by atoms with Crippen LogP contribution in [0.3, 0.4) is 0 Å². The number of aliphatic carboxylic acids is 1. The number of carboxylic acids is 1. The van der Waals surface area contributed by atoms with Crippen molar-refractivity contribution in [1.29, 1.82) is 0 Å². The highest BCUT2D eigenvalue weighted by Gasteiger charge is 1.96. The molecule has 1 rings (SSSR count). The molecule has 0 aromatic carbocycles. The van der Waals surface area contributed by atoms with Crippen molar-refractivity contribution in [1.82, 2.24) is 4.98 Å². The van der Waals surface area contributed by atoms with Crippen LogP contribution in [0.1, 0.15) is 17.6 Å². The Balaban J connectivity index is 2.70. The first-order valence-corrected chi connectivity index (χ1v) is 4.45. The Kier molecular flexibility index (Phi) is 2.99. The average molecular weight is 183 g/mol. The van der Waals surface area contributed by atoms with Crippen molar-refractivity contribution in [2.24, 2.45) is 0 Å². The molecule has 0 saturated heterocycles. The van der Waals surface area contributed by atoms with E-state index < -0.39 is 5.97 Å². The van der Waals surface area contributed by atoms with Crippen LogP contribution < -0.4 is 0 Å². The number of hydrogen-bond donors (Lipinski definition) is 1. The largest absolute Gasteiger partial charge is 0.478 e. The van der Waals surface area contributed by atoms with E-state index in [-0.39, 0.29) is 0 Å². The lowest BCUT2D eigenvalue weighted by molar-refractivity contribution is -0.131. The van der Waals surface area contributed by atoms with Crippen molar-refractivity contribution in [3.8, 4) is 0 Å². The van der Waals surface area contributed by atoms with E-state index in [1.807, 2.05) is 12.3 Å². The van der Waals surface area contributed by atoms with Gasteiger partial charge in [-0.3, -0.25) is 0 Å². The smallest absolute Gasteiger partial charge is 0.328 e. The maximum atomic E-state index is 10.1. The van der Waals surface area contributed by atoms with E-state index in [4.69, 9.17) is 5.11 Å². The Hall–Kier alpha value is -1.16. The lowest BCUT2D eigenvalue weighted by Gasteiger charge is -1.82. The van der Waals surface area contributed by atoms with Crippen molar-refractivity contribution < 1.29 is 9.90 Å². The van der Waals surface area contributed by atoms with Gasteiger partial charge in [-0.25, -0.2) is 9.78 Å². The number of nitrogens with zero attached hydrogens (tertiary/aromatic N) is 1. The van der Waals surface area contributed by atoms with E-state index in [9.17, 15) is 4.79 Å². The van der Waals surface area contributed by atoms with Crippen molar-refractivity contribution in [3.05, 3.63) is 22.2 Å². The highest BCUT2D eigenvalue weighted by molar-refractivity contribution is 7.10. The number of aromatic nitrogens is 1. The first-order valence-electron chi connectivity index (χ1n) is 3.57. The van der Waals surface area contributed by atoms with Gasteiger partial charge < -0.3 is 5.11 Å². The molecule has 0 bridgehead atoms. The fraction of sp³-hybridized carbons (Fsp3) is 0.250. The van der Waals surface area contributed by atoms with Crippen molar-refractivity contribution in [2.75, 3.05) is 0 Å². The molecule has 0 aliphatic carbocycles. The third-order valence-electron chi connectivity index (χ3n) is 1.30. The minimum Gasteiger partial charge on any atom is -0.478 e. The van der Waals surface area contributed by atoms with E-state index in [0.29, 0.717) is 0 Å². The fourth-order valence-electron chi connectivity index (χ4n) is 0.704. The Morgan fingerprint density at radius 3 is 3.08 bits per heavy atom. The second-order valence-electron chi connectivity index (χ2n) is 2.20. The molecule has 1 N–H and O–H groups in total. The van der Waals surface area contributed by atoms with Crippen LogP contribution in [0.15, 0.2) is 11.5 Å². The lowest BCUT2D eigenvalue weighted by Crippen LogP contribution is -1.85. The summed E-state index contributed by atoms with van der Waals surface area (Å²) in [6.45, 7) is 2.01. The summed E-state index contributed by atoms with van der Waals surface area (Å²) >= 11 is 1.45. The van der Waals surface area contributed by atoms with Gasteiger partial charge in [-0.05, 0) is 12.5 Å². The van der Waals surface area contributed by atoms with Gasteiger partial charge in [0, 0.05) is 11.5 Å². The standard InChI is InChI=1S/C8H9NO2S/c1-2-6-5-12-7(9-6)3-4-8(10)11/h3-5H,2H2,1H3,(H,10,11)/b4-3+. The minimum absolute atomic E-state index is 0.745. The zero-order valence-corrected chi connectivity index (χ0v) is 7.47. The zero-order chi connectivity index (χ0) is 8.97. The van der Waals surface area contributed by atoms with E-state index in [0.717, 1.165) is 23.2 Å². The SMILES string of the molecule is CCc1csc(/C=C/C(=O)O)n1. The van der Waals surface area contributed by atoms with Crippen LogP contribution in [-0.2, 0) is 11.2 Å². The number of thiazole rings is 1. The Morgan fingerprint density at radius 2 is 2.58 bits per heavy atom. The molecule has 0 radical (unpaired) electrons. The number of rotatable bonds is 3. The van der Waals surface area contributed by atoms with Crippen LogP contribution in [0, 0.1) is 0 Å². The predicted octanol–water partition coefficient (Wildman–Crippen LogP) is 1.80. The fourth-order valence-corrected chi connectivity index (χ4v) is 1.50. The highest BCUT2D eigenvalue weighted by atomic mass is 32.1. The zero-order valence-electron chi connectivity index (χ0n) is 6.65. The molecule has 64 valence electrons. The summed E-state index contributed by atoms with van der Waals surface area (Å²) in [5, 5.41) is 11.0. The molecule has 1 aromatic rings. The van der Waals surface area contributed by atoms with Gasteiger partial charge in [-0.2, -0.15) is 0 Å². The molecule has 0 fully saturated rings. The van der Waals surface area contributed by atoms with Crippen LogP contribution in [0.25, 0.3) is 6.08 Å². The molecule has 0 aliphatic rings. The molecule has 12 heavy (non-hydrogen) atoms. The van der Waals surface area contributed by atoms with E-state index in [1.54, 1.807) is 0 Å². The lowest BCUT2D eigenvalue weighted by atomic mass is 10.4. The van der Waals surface area contributed by atoms with E-state index in [2.05, 4.69) is 4.98 Å². The molecular weight excluding hydrogens is 174 g/mol.